The third kappa shape index (κ3) is 1.60. The third-order valence-electron chi connectivity index (χ3n) is 2.55. The number of benzene rings is 1. The summed E-state index contributed by atoms with van der Waals surface area (Å²) in [5.74, 6) is 0. The molecule has 0 spiro atoms. The number of sulfone groups is 1. The van der Waals surface area contributed by atoms with Gasteiger partial charge in [-0.05, 0) is 36.6 Å². The number of nitrogens with two attached hydrogens (primary N) is 1. The SMILES string of the molecule is Cc1cccc2c1S(=O)(=O)C=C2CCN. The van der Waals surface area contributed by atoms with Crippen LogP contribution in [0.5, 0.6) is 0 Å². The molecule has 1 aliphatic rings. The summed E-state index contributed by atoms with van der Waals surface area (Å²) in [6.45, 7) is 2.28. The molecule has 80 valence electrons. The first kappa shape index (κ1) is 10.4. The van der Waals surface area contributed by atoms with Crippen LogP contribution in [0.3, 0.4) is 0 Å². The number of aryl methyl sites for hydroxylation is 1. The highest BCUT2D eigenvalue weighted by Crippen LogP contribution is 2.36. The van der Waals surface area contributed by atoms with Crippen LogP contribution in [0.4, 0.5) is 0 Å². The van der Waals surface area contributed by atoms with Gasteiger partial charge in [-0.15, -0.1) is 0 Å². The van der Waals surface area contributed by atoms with Gasteiger partial charge in [-0.2, -0.15) is 0 Å². The van der Waals surface area contributed by atoms with Gasteiger partial charge in [0.2, 0.25) is 9.84 Å². The third-order valence-corrected chi connectivity index (χ3v) is 4.26. The molecule has 4 heteroatoms. The van der Waals surface area contributed by atoms with E-state index in [0.717, 1.165) is 16.7 Å². The van der Waals surface area contributed by atoms with Crippen LogP contribution >= 0.6 is 0 Å². The average molecular weight is 223 g/mol. The van der Waals surface area contributed by atoms with Crippen LogP contribution in [0, 0.1) is 6.92 Å². The van der Waals surface area contributed by atoms with E-state index >= 15 is 0 Å². The Morgan fingerprint density at radius 2 is 2.07 bits per heavy atom. The van der Waals surface area contributed by atoms with Crippen LogP contribution in [0.1, 0.15) is 17.5 Å². The lowest BCUT2D eigenvalue weighted by Crippen LogP contribution is -1.99. The fourth-order valence-corrected chi connectivity index (χ4v) is 3.70. The van der Waals surface area contributed by atoms with Gasteiger partial charge in [0.05, 0.1) is 4.90 Å². The first-order chi connectivity index (χ1) is 7.06. The number of hydrogen-bond donors (Lipinski definition) is 1. The van der Waals surface area contributed by atoms with Crippen molar-refractivity contribution < 1.29 is 8.42 Å². The molecule has 0 unspecified atom stereocenters. The Morgan fingerprint density at radius 1 is 1.33 bits per heavy atom. The van der Waals surface area contributed by atoms with Crippen molar-refractivity contribution in [2.24, 2.45) is 5.73 Å². The van der Waals surface area contributed by atoms with Crippen molar-refractivity contribution in [3.63, 3.8) is 0 Å². The lowest BCUT2D eigenvalue weighted by Gasteiger charge is -2.04. The molecule has 0 aromatic heterocycles. The Morgan fingerprint density at radius 3 is 2.73 bits per heavy atom. The van der Waals surface area contributed by atoms with Gasteiger partial charge in [-0.1, -0.05) is 18.2 Å². The van der Waals surface area contributed by atoms with Crippen LogP contribution in [-0.4, -0.2) is 15.0 Å². The molecule has 3 nitrogen and oxygen atoms in total. The van der Waals surface area contributed by atoms with Crippen molar-refractivity contribution in [3.05, 3.63) is 34.7 Å². The molecule has 0 atom stereocenters. The van der Waals surface area contributed by atoms with Crippen LogP contribution in [0.25, 0.3) is 5.57 Å². The minimum atomic E-state index is -3.23. The minimum absolute atomic E-state index is 0.452. The van der Waals surface area contributed by atoms with Gasteiger partial charge in [0.1, 0.15) is 0 Å². The maximum atomic E-state index is 11.8. The second-order valence-electron chi connectivity index (χ2n) is 3.68. The van der Waals surface area contributed by atoms with Crippen molar-refractivity contribution in [2.75, 3.05) is 6.54 Å². The smallest absolute Gasteiger partial charge is 0.200 e. The highest BCUT2D eigenvalue weighted by atomic mass is 32.2. The van der Waals surface area contributed by atoms with Gasteiger partial charge in [-0.3, -0.25) is 0 Å². The molecular weight excluding hydrogens is 210 g/mol. The maximum Gasteiger partial charge on any atom is 0.200 e. The fourth-order valence-electron chi connectivity index (χ4n) is 1.94. The predicted octanol–water partition coefficient (Wildman–Crippen LogP) is 1.47. The first-order valence-electron chi connectivity index (χ1n) is 4.82. The summed E-state index contributed by atoms with van der Waals surface area (Å²) in [6.07, 6.45) is 0.607. The lowest BCUT2D eigenvalue weighted by molar-refractivity contribution is 0.605. The zero-order valence-electron chi connectivity index (χ0n) is 8.53. The molecule has 2 N–H and O–H groups in total. The molecule has 1 heterocycles. The zero-order chi connectivity index (χ0) is 11.1. The Bertz CT molecular complexity index is 530. The fraction of sp³-hybridized carbons (Fsp3) is 0.273. The normalized spacial score (nSPS) is 17.3. The Labute approximate surface area is 89.5 Å². The summed E-state index contributed by atoms with van der Waals surface area (Å²) in [7, 11) is -3.23. The van der Waals surface area contributed by atoms with Gasteiger partial charge < -0.3 is 5.73 Å². The van der Waals surface area contributed by atoms with Crippen molar-refractivity contribution in [1.82, 2.24) is 0 Å². The summed E-state index contributed by atoms with van der Waals surface area (Å²) in [4.78, 5) is 0.452. The average Bonchev–Trinajstić information content (AvgIpc) is 2.40. The summed E-state index contributed by atoms with van der Waals surface area (Å²) >= 11 is 0. The molecule has 1 aromatic carbocycles. The molecule has 0 bridgehead atoms. The van der Waals surface area contributed by atoms with Crippen LogP contribution < -0.4 is 5.73 Å². The second kappa shape index (κ2) is 3.47. The molecule has 1 aliphatic heterocycles. The lowest BCUT2D eigenvalue weighted by atomic mass is 10.0. The largest absolute Gasteiger partial charge is 0.330 e. The molecule has 0 radical (unpaired) electrons. The first-order valence-corrected chi connectivity index (χ1v) is 6.36. The van der Waals surface area contributed by atoms with Gasteiger partial charge >= 0.3 is 0 Å². The second-order valence-corrected chi connectivity index (χ2v) is 5.41. The monoisotopic (exact) mass is 223 g/mol. The van der Waals surface area contributed by atoms with Gasteiger partial charge in [0, 0.05) is 5.41 Å². The molecule has 1 aromatic rings. The molecule has 2 rings (SSSR count). The van der Waals surface area contributed by atoms with E-state index < -0.39 is 9.84 Å². The van der Waals surface area contributed by atoms with E-state index in [2.05, 4.69) is 0 Å². The van der Waals surface area contributed by atoms with Crippen molar-refractivity contribution in [2.45, 2.75) is 18.2 Å². The van der Waals surface area contributed by atoms with Crippen LogP contribution in [0.2, 0.25) is 0 Å². The molecule has 0 saturated heterocycles. The summed E-state index contributed by atoms with van der Waals surface area (Å²) in [5.41, 5.74) is 7.91. The molecule has 0 saturated carbocycles. The van der Waals surface area contributed by atoms with Gasteiger partial charge in [0.15, 0.2) is 0 Å². The summed E-state index contributed by atoms with van der Waals surface area (Å²) in [5, 5.41) is 1.34. The van der Waals surface area contributed by atoms with E-state index in [1.165, 1.54) is 5.41 Å². The van der Waals surface area contributed by atoms with E-state index in [4.69, 9.17) is 5.73 Å². The van der Waals surface area contributed by atoms with E-state index in [-0.39, 0.29) is 0 Å². The maximum absolute atomic E-state index is 11.8. The molecule has 0 aliphatic carbocycles. The van der Waals surface area contributed by atoms with E-state index in [1.807, 2.05) is 25.1 Å². The topological polar surface area (TPSA) is 60.2 Å². The van der Waals surface area contributed by atoms with Crippen molar-refractivity contribution in [3.8, 4) is 0 Å². The molecular formula is C11H13NO2S. The number of rotatable bonds is 2. The molecule has 0 amide bonds. The van der Waals surface area contributed by atoms with E-state index in [9.17, 15) is 8.42 Å². The van der Waals surface area contributed by atoms with E-state index in [1.54, 1.807) is 0 Å². The molecule has 0 fully saturated rings. The minimum Gasteiger partial charge on any atom is -0.330 e. The van der Waals surface area contributed by atoms with Crippen molar-refractivity contribution in [1.29, 1.82) is 0 Å². The number of fused-ring (bicyclic) bond motifs is 1. The number of hydrogen-bond acceptors (Lipinski definition) is 3. The van der Waals surface area contributed by atoms with Gasteiger partial charge in [0.25, 0.3) is 0 Å². The highest BCUT2D eigenvalue weighted by molar-refractivity contribution is 7.95. The standard InChI is InChI=1S/C11H13NO2S/c1-8-3-2-4-10-9(5-6-12)7-15(13,14)11(8)10/h2-4,7H,5-6,12H2,1H3. The van der Waals surface area contributed by atoms with Crippen LogP contribution in [-0.2, 0) is 9.84 Å². The van der Waals surface area contributed by atoms with E-state index in [0.29, 0.717) is 17.9 Å². The van der Waals surface area contributed by atoms with Gasteiger partial charge in [-0.25, -0.2) is 8.42 Å². The zero-order valence-corrected chi connectivity index (χ0v) is 9.34. The Kier molecular flexibility index (Phi) is 2.40. The summed E-state index contributed by atoms with van der Waals surface area (Å²) in [6, 6.07) is 5.53. The highest BCUT2D eigenvalue weighted by Gasteiger charge is 2.27. The van der Waals surface area contributed by atoms with Crippen LogP contribution in [0.15, 0.2) is 28.5 Å². The quantitative estimate of drug-likeness (QED) is 0.826. The molecule has 15 heavy (non-hydrogen) atoms. The van der Waals surface area contributed by atoms with Crippen molar-refractivity contribution >= 4 is 15.4 Å². The summed E-state index contributed by atoms with van der Waals surface area (Å²) < 4.78 is 23.7. The Balaban J connectivity index is 2.68. The predicted molar refractivity (Wildman–Crippen MR) is 60.0 cm³/mol. The Hall–Kier alpha value is -1.13.